The number of amides is 3. The Bertz CT molecular complexity index is 620. The molecule has 1 atom stereocenters. The van der Waals surface area contributed by atoms with Crippen LogP contribution >= 0.6 is 0 Å². The number of piperidine rings is 1. The molecule has 1 aromatic heterocycles. The van der Waals surface area contributed by atoms with Gasteiger partial charge in [-0.15, -0.1) is 0 Å². The van der Waals surface area contributed by atoms with Gasteiger partial charge in [0.1, 0.15) is 0 Å². The number of aromatic nitrogens is 1. The van der Waals surface area contributed by atoms with Crippen LogP contribution in [0.4, 0.5) is 10.5 Å². The quantitative estimate of drug-likeness (QED) is 0.694. The number of anilines is 1. The van der Waals surface area contributed by atoms with E-state index >= 15 is 0 Å². The number of carbonyl (C=O) groups excluding carboxylic acids is 2. The van der Waals surface area contributed by atoms with Crippen LogP contribution in [0.25, 0.3) is 0 Å². The summed E-state index contributed by atoms with van der Waals surface area (Å²) in [5, 5.41) is 8.65. The fraction of sp³-hybridized carbons (Fsp3) is 0.632. The van der Waals surface area contributed by atoms with Crippen molar-refractivity contribution in [1.29, 1.82) is 0 Å². The van der Waals surface area contributed by atoms with E-state index in [1.54, 1.807) is 0 Å². The summed E-state index contributed by atoms with van der Waals surface area (Å²) < 4.78 is 0. The highest BCUT2D eigenvalue weighted by Crippen LogP contribution is 2.16. The maximum atomic E-state index is 12.2. The SMILES string of the molecule is CCNC(=O)C1CCCCN1CCNC(=O)Nc1cc(C)nc(CC)c1. The summed E-state index contributed by atoms with van der Waals surface area (Å²) in [6.45, 7) is 8.61. The first kappa shape index (κ1) is 20.2. The van der Waals surface area contributed by atoms with Gasteiger partial charge in [0.15, 0.2) is 0 Å². The number of urea groups is 1. The molecule has 1 fully saturated rings. The average molecular weight is 361 g/mol. The molecule has 3 amide bonds. The third kappa shape index (κ3) is 5.98. The Morgan fingerprint density at radius 3 is 2.77 bits per heavy atom. The van der Waals surface area contributed by atoms with Gasteiger partial charge in [-0.05, 0) is 51.8 Å². The number of hydrogen-bond donors (Lipinski definition) is 3. The molecule has 2 rings (SSSR count). The van der Waals surface area contributed by atoms with Crippen molar-refractivity contribution in [3.05, 3.63) is 23.5 Å². The van der Waals surface area contributed by atoms with Gasteiger partial charge in [-0.1, -0.05) is 13.3 Å². The van der Waals surface area contributed by atoms with Gasteiger partial charge in [0.2, 0.25) is 5.91 Å². The van der Waals surface area contributed by atoms with Crippen LogP contribution in [0.1, 0.15) is 44.5 Å². The zero-order valence-electron chi connectivity index (χ0n) is 16.1. The predicted molar refractivity (Wildman–Crippen MR) is 103 cm³/mol. The molecule has 7 heteroatoms. The zero-order chi connectivity index (χ0) is 18.9. The van der Waals surface area contributed by atoms with Crippen molar-refractivity contribution < 1.29 is 9.59 Å². The van der Waals surface area contributed by atoms with E-state index < -0.39 is 0 Å². The topological polar surface area (TPSA) is 86.4 Å². The highest BCUT2D eigenvalue weighted by Gasteiger charge is 2.27. The second-order valence-corrected chi connectivity index (χ2v) is 6.67. The zero-order valence-corrected chi connectivity index (χ0v) is 16.1. The summed E-state index contributed by atoms with van der Waals surface area (Å²) in [6.07, 6.45) is 3.88. The summed E-state index contributed by atoms with van der Waals surface area (Å²) in [5.74, 6) is 0.0935. The summed E-state index contributed by atoms with van der Waals surface area (Å²) >= 11 is 0. The van der Waals surface area contributed by atoms with Crippen LogP contribution in [0, 0.1) is 6.92 Å². The number of aryl methyl sites for hydroxylation is 2. The van der Waals surface area contributed by atoms with Crippen molar-refractivity contribution in [3.8, 4) is 0 Å². The number of hydrogen-bond acceptors (Lipinski definition) is 4. The van der Waals surface area contributed by atoms with Gasteiger partial charge in [-0.3, -0.25) is 14.7 Å². The molecular weight excluding hydrogens is 330 g/mol. The Balaban J connectivity index is 1.81. The first-order valence-electron chi connectivity index (χ1n) is 9.57. The molecule has 0 radical (unpaired) electrons. The highest BCUT2D eigenvalue weighted by molar-refractivity contribution is 5.89. The second kappa shape index (κ2) is 10.1. The van der Waals surface area contributed by atoms with Crippen molar-refractivity contribution in [2.24, 2.45) is 0 Å². The van der Waals surface area contributed by atoms with E-state index in [1.807, 2.05) is 32.9 Å². The molecule has 26 heavy (non-hydrogen) atoms. The maximum absolute atomic E-state index is 12.2. The van der Waals surface area contributed by atoms with Crippen LogP contribution in [0.3, 0.4) is 0 Å². The number of likely N-dealkylation sites (N-methyl/N-ethyl adjacent to an activating group) is 1. The minimum Gasteiger partial charge on any atom is -0.355 e. The minimum absolute atomic E-state index is 0.0801. The molecule has 1 saturated heterocycles. The normalized spacial score (nSPS) is 17.6. The lowest BCUT2D eigenvalue weighted by molar-refractivity contribution is -0.127. The van der Waals surface area contributed by atoms with Crippen molar-refractivity contribution in [2.75, 3.05) is 31.5 Å². The Morgan fingerprint density at radius 1 is 1.23 bits per heavy atom. The van der Waals surface area contributed by atoms with Gasteiger partial charge >= 0.3 is 6.03 Å². The third-order valence-corrected chi connectivity index (χ3v) is 4.58. The number of pyridine rings is 1. The van der Waals surface area contributed by atoms with Gasteiger partial charge in [-0.25, -0.2) is 4.79 Å². The van der Waals surface area contributed by atoms with E-state index in [0.717, 1.165) is 49.3 Å². The summed E-state index contributed by atoms with van der Waals surface area (Å²) in [6, 6.07) is 3.43. The van der Waals surface area contributed by atoms with Crippen molar-refractivity contribution in [2.45, 2.75) is 52.5 Å². The molecule has 3 N–H and O–H groups in total. The van der Waals surface area contributed by atoms with Crippen molar-refractivity contribution in [1.82, 2.24) is 20.5 Å². The summed E-state index contributed by atoms with van der Waals surface area (Å²) in [5.41, 5.74) is 2.60. The molecule has 1 aromatic rings. The molecule has 1 aliphatic rings. The smallest absolute Gasteiger partial charge is 0.319 e. The van der Waals surface area contributed by atoms with E-state index in [2.05, 4.69) is 25.8 Å². The Morgan fingerprint density at radius 2 is 2.04 bits per heavy atom. The molecule has 0 spiro atoms. The van der Waals surface area contributed by atoms with Crippen LogP contribution in [-0.2, 0) is 11.2 Å². The second-order valence-electron chi connectivity index (χ2n) is 6.67. The molecule has 1 aliphatic heterocycles. The number of carbonyl (C=O) groups is 2. The lowest BCUT2D eigenvalue weighted by Gasteiger charge is -2.34. The minimum atomic E-state index is -0.232. The fourth-order valence-corrected chi connectivity index (χ4v) is 3.33. The number of rotatable bonds is 7. The van der Waals surface area contributed by atoms with E-state index in [1.165, 1.54) is 0 Å². The van der Waals surface area contributed by atoms with Gasteiger partial charge in [0, 0.05) is 36.7 Å². The monoisotopic (exact) mass is 361 g/mol. The van der Waals surface area contributed by atoms with Crippen LogP contribution < -0.4 is 16.0 Å². The molecule has 0 aliphatic carbocycles. The molecule has 1 unspecified atom stereocenters. The Kier molecular flexibility index (Phi) is 7.84. The average Bonchev–Trinajstić information content (AvgIpc) is 2.61. The van der Waals surface area contributed by atoms with Gasteiger partial charge in [0.25, 0.3) is 0 Å². The van der Waals surface area contributed by atoms with Crippen LogP contribution in [0.5, 0.6) is 0 Å². The van der Waals surface area contributed by atoms with Crippen LogP contribution in [-0.4, -0.2) is 54.0 Å². The van der Waals surface area contributed by atoms with Gasteiger partial charge < -0.3 is 16.0 Å². The Labute approximate surface area is 155 Å². The lowest BCUT2D eigenvalue weighted by Crippen LogP contribution is -2.51. The van der Waals surface area contributed by atoms with Crippen molar-refractivity contribution in [3.63, 3.8) is 0 Å². The fourth-order valence-electron chi connectivity index (χ4n) is 3.33. The summed E-state index contributed by atoms with van der Waals surface area (Å²) in [4.78, 5) is 30.9. The summed E-state index contributed by atoms with van der Waals surface area (Å²) in [7, 11) is 0. The molecule has 0 bridgehead atoms. The lowest BCUT2D eigenvalue weighted by atomic mass is 10.0. The number of nitrogens with zero attached hydrogens (tertiary/aromatic N) is 2. The molecule has 2 heterocycles. The van der Waals surface area contributed by atoms with E-state index in [0.29, 0.717) is 19.6 Å². The Hall–Kier alpha value is -2.15. The largest absolute Gasteiger partial charge is 0.355 e. The van der Waals surface area contributed by atoms with Gasteiger partial charge in [0.05, 0.1) is 6.04 Å². The van der Waals surface area contributed by atoms with E-state index in [9.17, 15) is 9.59 Å². The molecule has 144 valence electrons. The van der Waals surface area contributed by atoms with Crippen LogP contribution in [0.15, 0.2) is 12.1 Å². The molecule has 7 nitrogen and oxygen atoms in total. The first-order valence-corrected chi connectivity index (χ1v) is 9.57. The van der Waals surface area contributed by atoms with Crippen molar-refractivity contribution >= 4 is 17.6 Å². The van der Waals surface area contributed by atoms with Crippen LogP contribution in [0.2, 0.25) is 0 Å². The number of likely N-dealkylation sites (tertiary alicyclic amines) is 1. The molecule has 0 saturated carbocycles. The highest BCUT2D eigenvalue weighted by atomic mass is 16.2. The first-order chi connectivity index (χ1) is 12.5. The number of nitrogens with one attached hydrogen (secondary N) is 3. The van der Waals surface area contributed by atoms with Gasteiger partial charge in [-0.2, -0.15) is 0 Å². The van der Waals surface area contributed by atoms with E-state index in [4.69, 9.17) is 0 Å². The third-order valence-electron chi connectivity index (χ3n) is 4.58. The molecular formula is C19H31N5O2. The predicted octanol–water partition coefficient (Wildman–Crippen LogP) is 2.06. The standard InChI is InChI=1S/C19H31N5O2/c1-4-15-13-16(12-14(3)22-15)23-19(26)21-9-11-24-10-7-6-8-17(24)18(25)20-5-2/h12-13,17H,4-11H2,1-3H3,(H,20,25)(H2,21,22,23,26). The maximum Gasteiger partial charge on any atom is 0.319 e. The van der Waals surface area contributed by atoms with E-state index in [-0.39, 0.29) is 18.0 Å². The molecule has 0 aromatic carbocycles.